The molecule has 0 saturated heterocycles. The molecule has 2 aromatic carbocycles. The van der Waals surface area contributed by atoms with Crippen molar-refractivity contribution in [3.63, 3.8) is 0 Å². The summed E-state index contributed by atoms with van der Waals surface area (Å²) in [5.41, 5.74) is 2.46. The van der Waals surface area contributed by atoms with Gasteiger partial charge in [0.2, 0.25) is 0 Å². The molecule has 0 aliphatic rings. The second kappa shape index (κ2) is 6.12. The van der Waals surface area contributed by atoms with Gasteiger partial charge in [-0.25, -0.2) is 4.39 Å². The van der Waals surface area contributed by atoms with E-state index in [1.165, 1.54) is 6.07 Å². The van der Waals surface area contributed by atoms with Crippen molar-refractivity contribution in [1.29, 1.82) is 0 Å². The average molecular weight is 363 g/mol. The van der Waals surface area contributed by atoms with Gasteiger partial charge in [0, 0.05) is 11.6 Å². The molecule has 0 bridgehead atoms. The molecule has 0 fully saturated rings. The zero-order chi connectivity index (χ0) is 14.0. The molecule has 19 heavy (non-hydrogen) atoms. The van der Waals surface area contributed by atoms with Gasteiger partial charge in [0.1, 0.15) is 5.82 Å². The Hall–Kier alpha value is -0.770. The van der Waals surface area contributed by atoms with Crippen LogP contribution in [0, 0.1) is 12.7 Å². The topological polar surface area (TPSA) is 12.0 Å². The highest BCUT2D eigenvalue weighted by Crippen LogP contribution is 2.30. The van der Waals surface area contributed by atoms with Crippen LogP contribution in [0.4, 0.5) is 10.1 Å². The number of hydrogen-bond donors (Lipinski definition) is 1. The summed E-state index contributed by atoms with van der Waals surface area (Å²) < 4.78 is 13.8. The van der Waals surface area contributed by atoms with Gasteiger partial charge in [-0.05, 0) is 52.2 Å². The fraction of sp³-hybridized carbons (Fsp3) is 0.143. The molecule has 0 aliphatic heterocycles. The first-order valence-electron chi connectivity index (χ1n) is 5.61. The summed E-state index contributed by atoms with van der Waals surface area (Å²) in [7, 11) is 0. The number of nitrogens with one attached hydrogen (secondary N) is 1. The smallest absolute Gasteiger partial charge is 0.137 e. The standard InChI is InChI=1S/C14H11BrCl2FN/c1-8-5-11(17)13(6-10(8)16)19-7-9-3-2-4-12(18)14(9)15/h2-6,19H,7H2,1H3. The van der Waals surface area contributed by atoms with E-state index in [4.69, 9.17) is 23.2 Å². The lowest BCUT2D eigenvalue weighted by atomic mass is 10.2. The number of aryl methyl sites for hydroxylation is 1. The predicted molar refractivity (Wildman–Crippen MR) is 82.6 cm³/mol. The zero-order valence-electron chi connectivity index (χ0n) is 10.1. The normalized spacial score (nSPS) is 10.6. The van der Waals surface area contributed by atoms with Gasteiger partial charge in [0.25, 0.3) is 0 Å². The second-order valence-corrected chi connectivity index (χ2v) is 5.76. The Balaban J connectivity index is 2.19. The lowest BCUT2D eigenvalue weighted by molar-refractivity contribution is 0.618. The molecule has 1 nitrogen and oxygen atoms in total. The summed E-state index contributed by atoms with van der Waals surface area (Å²) >= 11 is 15.4. The van der Waals surface area contributed by atoms with E-state index in [1.807, 2.05) is 13.0 Å². The first-order valence-corrected chi connectivity index (χ1v) is 7.16. The Bertz CT molecular complexity index is 617. The fourth-order valence-corrected chi connectivity index (χ4v) is 2.51. The van der Waals surface area contributed by atoms with E-state index in [-0.39, 0.29) is 5.82 Å². The van der Waals surface area contributed by atoms with E-state index < -0.39 is 0 Å². The molecule has 5 heteroatoms. The monoisotopic (exact) mass is 361 g/mol. The van der Waals surface area contributed by atoms with E-state index >= 15 is 0 Å². The molecule has 100 valence electrons. The Morgan fingerprint density at radius 2 is 1.95 bits per heavy atom. The third kappa shape index (κ3) is 3.41. The zero-order valence-corrected chi connectivity index (χ0v) is 13.2. The van der Waals surface area contributed by atoms with Crippen LogP contribution in [0.5, 0.6) is 0 Å². The lowest BCUT2D eigenvalue weighted by Crippen LogP contribution is -2.02. The van der Waals surface area contributed by atoms with Crippen molar-refractivity contribution >= 4 is 44.8 Å². The molecule has 2 aromatic rings. The van der Waals surface area contributed by atoms with Crippen LogP contribution in [0.2, 0.25) is 10.0 Å². The summed E-state index contributed by atoms with van der Waals surface area (Å²) in [5, 5.41) is 4.39. The summed E-state index contributed by atoms with van der Waals surface area (Å²) in [6, 6.07) is 8.48. The van der Waals surface area contributed by atoms with Crippen molar-refractivity contribution in [2.24, 2.45) is 0 Å². The Morgan fingerprint density at radius 3 is 2.68 bits per heavy atom. The highest BCUT2D eigenvalue weighted by molar-refractivity contribution is 9.10. The van der Waals surface area contributed by atoms with Crippen LogP contribution in [0.3, 0.4) is 0 Å². The molecule has 0 saturated carbocycles. The van der Waals surface area contributed by atoms with E-state index in [0.29, 0.717) is 21.1 Å². The summed E-state index contributed by atoms with van der Waals surface area (Å²) in [6.45, 7) is 2.35. The maximum absolute atomic E-state index is 13.4. The van der Waals surface area contributed by atoms with Crippen LogP contribution in [-0.2, 0) is 6.54 Å². The second-order valence-electron chi connectivity index (χ2n) is 4.15. The van der Waals surface area contributed by atoms with E-state index in [9.17, 15) is 4.39 Å². The van der Waals surface area contributed by atoms with E-state index in [0.717, 1.165) is 16.8 Å². The van der Waals surface area contributed by atoms with Gasteiger partial charge in [0.15, 0.2) is 0 Å². The van der Waals surface area contributed by atoms with Gasteiger partial charge in [0.05, 0.1) is 15.2 Å². The molecule has 0 amide bonds. The number of anilines is 1. The highest BCUT2D eigenvalue weighted by Gasteiger charge is 2.07. The van der Waals surface area contributed by atoms with Gasteiger partial charge in [-0.2, -0.15) is 0 Å². The summed E-state index contributed by atoms with van der Waals surface area (Å²) in [5.74, 6) is -0.285. The minimum absolute atomic E-state index is 0.285. The SMILES string of the molecule is Cc1cc(Cl)c(NCc2cccc(F)c2Br)cc1Cl. The molecule has 0 heterocycles. The van der Waals surface area contributed by atoms with Crippen molar-refractivity contribution in [1.82, 2.24) is 0 Å². The lowest BCUT2D eigenvalue weighted by Gasteiger charge is -2.11. The predicted octanol–water partition coefficient (Wildman–Crippen LogP) is 5.82. The van der Waals surface area contributed by atoms with Crippen LogP contribution in [0.15, 0.2) is 34.8 Å². The van der Waals surface area contributed by atoms with Crippen molar-refractivity contribution in [3.05, 3.63) is 61.8 Å². The Labute approximate surface area is 129 Å². The quantitative estimate of drug-likeness (QED) is 0.725. The van der Waals surface area contributed by atoms with Gasteiger partial charge in [-0.15, -0.1) is 0 Å². The van der Waals surface area contributed by atoms with Crippen molar-refractivity contribution in [2.45, 2.75) is 13.5 Å². The fourth-order valence-electron chi connectivity index (χ4n) is 1.66. The molecule has 0 unspecified atom stereocenters. The number of hydrogen-bond acceptors (Lipinski definition) is 1. The van der Waals surface area contributed by atoms with Crippen LogP contribution < -0.4 is 5.32 Å². The van der Waals surface area contributed by atoms with Crippen molar-refractivity contribution in [2.75, 3.05) is 5.32 Å². The van der Waals surface area contributed by atoms with Gasteiger partial charge in [-0.3, -0.25) is 0 Å². The van der Waals surface area contributed by atoms with E-state index in [2.05, 4.69) is 21.2 Å². The van der Waals surface area contributed by atoms with Crippen LogP contribution in [0.1, 0.15) is 11.1 Å². The molecule has 0 spiro atoms. The largest absolute Gasteiger partial charge is 0.380 e. The van der Waals surface area contributed by atoms with Gasteiger partial charge >= 0.3 is 0 Å². The molecule has 1 N–H and O–H groups in total. The number of rotatable bonds is 3. The number of benzene rings is 2. The summed E-state index contributed by atoms with van der Waals surface area (Å²) in [6.07, 6.45) is 0. The minimum Gasteiger partial charge on any atom is -0.380 e. The van der Waals surface area contributed by atoms with E-state index in [1.54, 1.807) is 18.2 Å². The van der Waals surface area contributed by atoms with Crippen LogP contribution in [0.25, 0.3) is 0 Å². The third-order valence-corrected chi connectivity index (χ3v) is 4.36. The third-order valence-electron chi connectivity index (χ3n) is 2.75. The minimum atomic E-state index is -0.285. The van der Waals surface area contributed by atoms with Crippen molar-refractivity contribution in [3.8, 4) is 0 Å². The summed E-state index contributed by atoms with van der Waals surface area (Å²) in [4.78, 5) is 0. The van der Waals surface area contributed by atoms with Gasteiger partial charge < -0.3 is 5.32 Å². The number of halogens is 4. The first-order chi connectivity index (χ1) is 8.99. The maximum Gasteiger partial charge on any atom is 0.137 e. The molecule has 2 rings (SSSR count). The van der Waals surface area contributed by atoms with Gasteiger partial charge in [-0.1, -0.05) is 35.3 Å². The molecule has 0 radical (unpaired) electrons. The molecular weight excluding hydrogens is 352 g/mol. The van der Waals surface area contributed by atoms with Crippen LogP contribution in [-0.4, -0.2) is 0 Å². The maximum atomic E-state index is 13.4. The van der Waals surface area contributed by atoms with Crippen molar-refractivity contribution < 1.29 is 4.39 Å². The molecule has 0 aliphatic carbocycles. The molecule has 0 aromatic heterocycles. The molecule has 0 atom stereocenters. The Morgan fingerprint density at radius 1 is 1.21 bits per heavy atom. The highest BCUT2D eigenvalue weighted by atomic mass is 79.9. The van der Waals surface area contributed by atoms with Crippen LogP contribution >= 0.6 is 39.1 Å². The first kappa shape index (κ1) is 14.6. The molecular formula is C14H11BrCl2FN. The average Bonchev–Trinajstić information content (AvgIpc) is 2.37. The Kier molecular flexibility index (Phi) is 4.71.